The van der Waals surface area contributed by atoms with Crippen LogP contribution >= 0.6 is 0 Å². The molecule has 28 heteroatoms. The highest BCUT2D eigenvalue weighted by Crippen LogP contribution is 2.35. The highest BCUT2D eigenvalue weighted by Gasteiger charge is 2.25. The van der Waals surface area contributed by atoms with Crippen LogP contribution in [0.2, 0.25) is 0 Å². The first kappa shape index (κ1) is 85.2. The molecule has 0 aliphatic carbocycles. The highest BCUT2D eigenvalue weighted by atomic mass is 16.5. The third-order valence-corrected chi connectivity index (χ3v) is 20.9. The van der Waals surface area contributed by atoms with Gasteiger partial charge in [-0.1, -0.05) is 36.4 Å². The van der Waals surface area contributed by atoms with E-state index >= 15 is 0 Å². The Hall–Kier alpha value is -14.2. The molecule has 5 aliphatic heterocycles. The number of nitrogens with zero attached hydrogens (tertiary/aromatic N) is 14. The summed E-state index contributed by atoms with van der Waals surface area (Å²) in [5.41, 5.74) is 9.91. The van der Waals surface area contributed by atoms with Gasteiger partial charge in [0.05, 0.1) is 101 Å². The molecule has 7 aromatic carbocycles. The van der Waals surface area contributed by atoms with Crippen LogP contribution in [-0.2, 0) is 18.9 Å². The number of aromatic nitrogens is 9. The topological polar surface area (TPSA) is 355 Å². The van der Waals surface area contributed by atoms with Crippen LogP contribution in [0.1, 0.15) is 97.9 Å². The summed E-state index contributed by atoms with van der Waals surface area (Å²) < 4.78 is 55.9. The van der Waals surface area contributed by atoms with Crippen molar-refractivity contribution in [2.75, 3.05) is 108 Å². The molecule has 0 unspecified atom stereocenters. The molecule has 17 rings (SSSR count). The number of nitrogens with one attached hydrogen (secondary N) is 4. The first-order valence-electron chi connectivity index (χ1n) is 41.0. The van der Waals surface area contributed by atoms with E-state index in [0.29, 0.717) is 156 Å². The van der Waals surface area contributed by atoms with Crippen molar-refractivity contribution in [2.24, 2.45) is 0 Å². The quantitative estimate of drug-likeness (QED) is 0.0462. The molecule has 0 saturated carbocycles. The van der Waals surface area contributed by atoms with Crippen molar-refractivity contribution in [3.05, 3.63) is 247 Å². The zero-order valence-electron chi connectivity index (χ0n) is 68.7. The van der Waals surface area contributed by atoms with Crippen molar-refractivity contribution < 1.29 is 47.4 Å². The molecule has 123 heavy (non-hydrogen) atoms. The molecule has 0 spiro atoms. The van der Waals surface area contributed by atoms with Crippen LogP contribution in [-0.4, -0.2) is 161 Å². The minimum Gasteiger partial charge on any atom is -0.497 e. The van der Waals surface area contributed by atoms with Gasteiger partial charge in [0.2, 0.25) is 5.88 Å². The normalized spacial score (nSPS) is 15.1. The summed E-state index contributed by atoms with van der Waals surface area (Å²) in [4.78, 5) is 42.5. The van der Waals surface area contributed by atoms with Gasteiger partial charge in [-0.2, -0.15) is 21.0 Å². The molecule has 4 N–H and O–H groups in total. The number of hydrogen-bond acceptors (Lipinski definition) is 28. The molecule has 12 aromatic rings. The molecule has 0 radical (unpaired) electrons. The van der Waals surface area contributed by atoms with Crippen molar-refractivity contribution in [3.8, 4) is 104 Å². The van der Waals surface area contributed by atoms with Crippen LogP contribution in [0.5, 0.6) is 34.6 Å². The van der Waals surface area contributed by atoms with E-state index in [1.807, 2.05) is 115 Å². The average Bonchev–Trinajstić information content (AvgIpc) is 0.830. The molecule has 5 saturated heterocycles. The number of hydrogen-bond donors (Lipinski definition) is 4. The van der Waals surface area contributed by atoms with Gasteiger partial charge in [-0.15, -0.1) is 0 Å². The summed E-state index contributed by atoms with van der Waals surface area (Å²) in [6.45, 7) is 7.83. The summed E-state index contributed by atoms with van der Waals surface area (Å²) >= 11 is 0. The van der Waals surface area contributed by atoms with Gasteiger partial charge in [0.25, 0.3) is 0 Å². The van der Waals surface area contributed by atoms with Gasteiger partial charge in [-0.05, 0) is 184 Å². The molecular formula is C95H94N18O10. The van der Waals surface area contributed by atoms with E-state index in [4.69, 9.17) is 47.4 Å². The highest BCUT2D eigenvalue weighted by molar-refractivity contribution is 5.69. The van der Waals surface area contributed by atoms with E-state index in [9.17, 15) is 21.0 Å². The molecule has 5 aromatic heterocycles. The summed E-state index contributed by atoms with van der Waals surface area (Å²) in [5, 5.41) is 51.5. The van der Waals surface area contributed by atoms with Gasteiger partial charge in [0.1, 0.15) is 101 Å². The molecule has 0 atom stereocenters. The summed E-state index contributed by atoms with van der Waals surface area (Å²) in [6, 6.07) is 67.7. The zero-order valence-corrected chi connectivity index (χ0v) is 68.7. The predicted molar refractivity (Wildman–Crippen MR) is 466 cm³/mol. The van der Waals surface area contributed by atoms with Crippen molar-refractivity contribution in [1.82, 2.24) is 49.8 Å². The number of nitriles is 4. The number of pyridine rings is 1. The smallest absolute Gasteiger partial charge is 0.213 e. The van der Waals surface area contributed by atoms with Crippen LogP contribution in [0.15, 0.2) is 219 Å². The first-order valence-corrected chi connectivity index (χ1v) is 41.0. The van der Waals surface area contributed by atoms with Gasteiger partial charge in [0, 0.05) is 128 Å². The lowest BCUT2D eigenvalue weighted by atomic mass is 9.89. The van der Waals surface area contributed by atoms with Crippen LogP contribution in [0.25, 0.3) is 45.6 Å². The maximum absolute atomic E-state index is 9.69. The second kappa shape index (κ2) is 43.6. The van der Waals surface area contributed by atoms with Crippen LogP contribution < -0.4 is 49.7 Å². The molecule has 0 amide bonds. The number of para-hydroxylation sites is 1. The predicted octanol–water partition coefficient (Wildman–Crippen LogP) is 17.5. The van der Waals surface area contributed by atoms with Crippen molar-refractivity contribution >= 4 is 46.0 Å². The Morgan fingerprint density at radius 3 is 1.02 bits per heavy atom. The van der Waals surface area contributed by atoms with Gasteiger partial charge in [0.15, 0.2) is 23.3 Å². The van der Waals surface area contributed by atoms with Crippen molar-refractivity contribution in [3.63, 3.8) is 0 Å². The Morgan fingerprint density at radius 2 is 0.683 bits per heavy atom. The lowest BCUT2D eigenvalue weighted by molar-refractivity contribution is 0.0252. The molecule has 10 heterocycles. The fourth-order valence-electron chi connectivity index (χ4n) is 14.2. The Bertz CT molecular complexity index is 5640. The van der Waals surface area contributed by atoms with E-state index in [0.717, 1.165) is 115 Å². The van der Waals surface area contributed by atoms with E-state index in [1.165, 1.54) is 18.4 Å². The Labute approximate surface area is 714 Å². The third-order valence-electron chi connectivity index (χ3n) is 20.9. The standard InChI is InChI=1S/C28H31N5O2.C23H22N4O3.C22H21N5O3.C22H20N4O2/c1-33-14-9-21(10-15-33)20-2-5-24(6-3-20)31-27-8-13-30-28(32-27)22-4-7-26(23(18-22)19-29)35-25-11-16-34-17-12-25;1-28-20-4-2-3-18(14-20)26-22-7-10-25-23(27-22)16-5-6-21(17(13-16)15-24)30-19-8-11-29-12-9-19;1-28-21-5-3-17(14-25-21)26-20-6-9-24-22(27-20)15-2-4-19(16(12-15)13-23)30-18-7-10-29-11-8-18;23-15-17-14-16(6-7-20(17)28-19-9-12-27-13-10-19)22-24-11-8-21(26-22)25-18-4-2-1-3-5-18/h2-8,13,18,21,25H,9-12,14-17H2,1H3,(H,30,31,32);2-7,10,13-14,19H,8-9,11-12H2,1H3,(H,25,26,27);2-6,9,12,14,18H,7-8,10-11H2,1H3,(H,24,26,27);1-8,11,14,19H,9-10,12-13H2,(H,24,25,26). The maximum atomic E-state index is 9.69. The second-order valence-electron chi connectivity index (χ2n) is 29.5. The molecule has 5 fully saturated rings. The fraction of sp³-hybridized carbons (Fsp3) is 0.295. The van der Waals surface area contributed by atoms with E-state index < -0.39 is 0 Å². The monoisotopic (exact) mass is 1650 g/mol. The first-order chi connectivity index (χ1) is 60.5. The number of piperidine rings is 1. The molecule has 624 valence electrons. The zero-order chi connectivity index (χ0) is 84.7. The van der Waals surface area contributed by atoms with Gasteiger partial charge in [-0.3, -0.25) is 0 Å². The number of rotatable bonds is 23. The number of methoxy groups -OCH3 is 2. The molecule has 0 bridgehead atoms. The Morgan fingerprint density at radius 1 is 0.341 bits per heavy atom. The van der Waals surface area contributed by atoms with E-state index in [1.54, 1.807) is 93.7 Å². The summed E-state index contributed by atoms with van der Waals surface area (Å²) in [5.74, 6) is 9.10. The van der Waals surface area contributed by atoms with Crippen LogP contribution in [0.4, 0.5) is 46.0 Å². The Kier molecular flexibility index (Phi) is 30.2. The van der Waals surface area contributed by atoms with E-state index in [-0.39, 0.29) is 24.4 Å². The summed E-state index contributed by atoms with van der Waals surface area (Å²) in [6.07, 6.45) is 17.8. The fourth-order valence-corrected chi connectivity index (χ4v) is 14.2. The average molecular weight is 1650 g/mol. The third kappa shape index (κ3) is 24.5. The number of likely N-dealkylation sites (tertiary alicyclic amines) is 1. The van der Waals surface area contributed by atoms with Crippen molar-refractivity contribution in [1.29, 1.82) is 21.0 Å². The van der Waals surface area contributed by atoms with Crippen LogP contribution in [0.3, 0.4) is 0 Å². The molecule has 5 aliphatic rings. The van der Waals surface area contributed by atoms with Crippen molar-refractivity contribution in [2.45, 2.75) is 94.5 Å². The Balaban J connectivity index is 0.000000134. The van der Waals surface area contributed by atoms with Gasteiger partial charge < -0.3 is 73.5 Å². The number of ether oxygens (including phenoxy) is 10. The maximum Gasteiger partial charge on any atom is 0.213 e. The minimum absolute atomic E-state index is 0.0681. The molecular weight excluding hydrogens is 1550 g/mol. The lowest BCUT2D eigenvalue weighted by Gasteiger charge is -2.29. The lowest BCUT2D eigenvalue weighted by Crippen LogP contribution is -2.29. The molecule has 28 nitrogen and oxygen atoms in total. The summed E-state index contributed by atoms with van der Waals surface area (Å²) in [7, 11) is 5.39. The van der Waals surface area contributed by atoms with Gasteiger partial charge in [-0.25, -0.2) is 44.9 Å². The van der Waals surface area contributed by atoms with E-state index in [2.05, 4.69) is 127 Å². The van der Waals surface area contributed by atoms with Crippen LogP contribution in [0, 0.1) is 45.3 Å². The van der Waals surface area contributed by atoms with Gasteiger partial charge >= 0.3 is 0 Å². The minimum atomic E-state index is 0.0681. The number of benzene rings is 7. The SMILES string of the molecule is CN1CCC(c2ccc(Nc3ccnc(-c4ccc(OC5CCOCC5)c(C#N)c4)n3)cc2)CC1.COc1ccc(Nc2ccnc(-c3ccc(OC4CCOCC4)c(C#N)c3)n2)cn1.COc1cccc(Nc2ccnc(-c3ccc(OC4CCOCC4)c(C#N)c3)n2)c1.N#Cc1cc(-c2nccc(Nc3ccccc3)n2)ccc1OC1CCOCC1. The second-order valence-corrected chi connectivity index (χ2v) is 29.5. The number of anilines is 8. The largest absolute Gasteiger partial charge is 0.497 e.